The number of nitrogens with zero attached hydrogens (tertiary/aromatic N) is 4. The Morgan fingerprint density at radius 1 is 1.31 bits per heavy atom. The Hall–Kier alpha value is -3.30. The largest absolute Gasteiger partial charge is 0.486 e. The zero-order chi connectivity index (χ0) is 26.3. The van der Waals surface area contributed by atoms with Gasteiger partial charge in [-0.1, -0.05) is 26.0 Å². The van der Waals surface area contributed by atoms with Crippen LogP contribution >= 0.6 is 0 Å². The molecule has 0 saturated carbocycles. The number of aliphatic imine (C=N–C) groups is 2. The summed E-state index contributed by atoms with van der Waals surface area (Å²) in [6.07, 6.45) is 3.35. The molecule has 2 unspecified atom stereocenters. The number of nitrogens with one attached hydrogen (secondary N) is 1. The van der Waals surface area contributed by atoms with Crippen LogP contribution in [0.15, 0.2) is 64.5 Å². The van der Waals surface area contributed by atoms with Gasteiger partial charge in [0, 0.05) is 42.7 Å². The lowest BCUT2D eigenvalue weighted by Crippen LogP contribution is -2.40. The second-order valence-electron chi connectivity index (χ2n) is 9.11. The molecule has 0 radical (unpaired) electrons. The van der Waals surface area contributed by atoms with Crippen LogP contribution in [0.3, 0.4) is 0 Å². The summed E-state index contributed by atoms with van der Waals surface area (Å²) in [4.78, 5) is 15.6. The molecule has 1 aromatic rings. The summed E-state index contributed by atoms with van der Waals surface area (Å²) < 4.78 is 48.5. The first-order valence-corrected chi connectivity index (χ1v) is 11.9. The molecule has 7 nitrogen and oxygen atoms in total. The number of hydrogen-bond donors (Lipinski definition) is 1. The summed E-state index contributed by atoms with van der Waals surface area (Å²) in [6.45, 7) is 10.1. The van der Waals surface area contributed by atoms with Crippen molar-refractivity contribution in [2.24, 2.45) is 21.8 Å². The molecule has 0 bridgehead atoms. The highest BCUT2D eigenvalue weighted by molar-refractivity contribution is 6.06. The quantitative estimate of drug-likeness (QED) is 0.507. The number of alkyl halides is 3. The molecular formula is C26H34F3N5O2. The highest BCUT2D eigenvalue weighted by Gasteiger charge is 2.30. The summed E-state index contributed by atoms with van der Waals surface area (Å²) in [7, 11) is 1.59. The topological polar surface area (TPSA) is 71.3 Å². The first-order valence-electron chi connectivity index (χ1n) is 11.9. The zero-order valence-corrected chi connectivity index (χ0v) is 21.2. The van der Waals surface area contributed by atoms with E-state index in [-0.39, 0.29) is 30.2 Å². The van der Waals surface area contributed by atoms with E-state index in [9.17, 15) is 13.2 Å². The predicted molar refractivity (Wildman–Crippen MR) is 137 cm³/mol. The van der Waals surface area contributed by atoms with E-state index in [0.29, 0.717) is 11.8 Å². The van der Waals surface area contributed by atoms with E-state index in [2.05, 4.69) is 26.8 Å². The number of guanidine groups is 1. The predicted octanol–water partition coefficient (Wildman–Crippen LogP) is 4.94. The van der Waals surface area contributed by atoms with Crippen LogP contribution in [-0.4, -0.2) is 62.2 Å². The molecule has 10 heteroatoms. The third-order valence-electron chi connectivity index (χ3n) is 6.14. The Bertz CT molecular complexity index is 1050. The fraction of sp³-hybridized carbons (Fsp3) is 0.500. The maximum atomic E-state index is 12.7. The lowest BCUT2D eigenvalue weighted by atomic mass is 9.98. The molecule has 1 aromatic heterocycles. The highest BCUT2D eigenvalue weighted by atomic mass is 19.4. The fourth-order valence-corrected chi connectivity index (χ4v) is 4.26. The number of anilines is 1. The van der Waals surface area contributed by atoms with Crippen LogP contribution in [0.4, 0.5) is 18.9 Å². The minimum atomic E-state index is -4.43. The van der Waals surface area contributed by atoms with Crippen molar-refractivity contribution in [1.82, 2.24) is 10.3 Å². The minimum absolute atomic E-state index is 0.0610. The summed E-state index contributed by atoms with van der Waals surface area (Å²) in [5.41, 5.74) is 2.67. The number of hydrogen-bond acceptors (Lipinski definition) is 7. The number of methoxy groups -OCH3 is 1. The first-order chi connectivity index (χ1) is 17.1. The van der Waals surface area contributed by atoms with Gasteiger partial charge in [-0.2, -0.15) is 13.2 Å². The van der Waals surface area contributed by atoms with E-state index in [4.69, 9.17) is 14.5 Å². The molecule has 36 heavy (non-hydrogen) atoms. The number of pyridine rings is 1. The van der Waals surface area contributed by atoms with Crippen LogP contribution in [0.5, 0.6) is 5.88 Å². The van der Waals surface area contributed by atoms with E-state index < -0.39 is 12.8 Å². The smallest absolute Gasteiger partial charge is 0.422 e. The molecule has 0 aromatic carbocycles. The van der Waals surface area contributed by atoms with E-state index in [1.165, 1.54) is 0 Å². The third-order valence-corrected chi connectivity index (χ3v) is 6.14. The Kier molecular flexibility index (Phi) is 9.17. The Balaban J connectivity index is 1.78. The number of aromatic nitrogens is 1. The van der Waals surface area contributed by atoms with Gasteiger partial charge in [-0.25, -0.2) is 15.0 Å². The van der Waals surface area contributed by atoms with E-state index in [1.807, 2.05) is 39.0 Å². The maximum Gasteiger partial charge on any atom is 0.422 e. The second-order valence-corrected chi connectivity index (χ2v) is 9.11. The molecule has 1 fully saturated rings. The SMILES string of the molecule is C=CC(NC1=N\C\C(OCC(F)(F)F)=C/C=C(C(C)C)/C(C)=N/1)C1CCN(c2ccnc(OC)c2)C1. The molecule has 0 aliphatic carbocycles. The summed E-state index contributed by atoms with van der Waals surface area (Å²) >= 11 is 0. The van der Waals surface area contributed by atoms with Gasteiger partial charge in [0.25, 0.3) is 0 Å². The Morgan fingerprint density at radius 3 is 2.75 bits per heavy atom. The molecule has 0 spiro atoms. The standard InChI is InChI=1S/C26H34F3N5O2/c1-6-23(19-10-12-34(15-19)20-9-11-30-24(13-20)35-5)33-25-31-14-21(36-16-26(27,28)29)7-8-22(17(2)3)18(4)32-25/h6-9,11,13,17,19,23H,1,10,12,14-16H2,2-5H3,(H,31,33)/b21-7+,22-8+,32-18+. The fourth-order valence-electron chi connectivity index (χ4n) is 4.26. The summed E-state index contributed by atoms with van der Waals surface area (Å²) in [5.74, 6) is 1.37. The Morgan fingerprint density at radius 2 is 2.08 bits per heavy atom. The van der Waals surface area contributed by atoms with Gasteiger partial charge in [0.2, 0.25) is 11.8 Å². The van der Waals surface area contributed by atoms with E-state index >= 15 is 0 Å². The molecule has 1 saturated heterocycles. The van der Waals surface area contributed by atoms with Gasteiger partial charge in [0.15, 0.2) is 6.61 Å². The van der Waals surface area contributed by atoms with Crippen molar-refractivity contribution in [3.63, 3.8) is 0 Å². The van der Waals surface area contributed by atoms with Crippen LogP contribution in [0.1, 0.15) is 27.2 Å². The van der Waals surface area contributed by atoms with Crippen molar-refractivity contribution >= 4 is 17.4 Å². The molecule has 2 aliphatic rings. The lowest BCUT2D eigenvalue weighted by molar-refractivity contribution is -0.164. The van der Waals surface area contributed by atoms with E-state index in [0.717, 1.165) is 36.5 Å². The monoisotopic (exact) mass is 505 g/mol. The van der Waals surface area contributed by atoms with Crippen LogP contribution < -0.4 is 15.0 Å². The molecule has 2 atom stereocenters. The number of ether oxygens (including phenoxy) is 2. The first kappa shape index (κ1) is 27.3. The van der Waals surface area contributed by atoms with Gasteiger partial charge in [0.05, 0.1) is 13.2 Å². The summed E-state index contributed by atoms with van der Waals surface area (Å²) in [5, 5.41) is 3.37. The van der Waals surface area contributed by atoms with Gasteiger partial charge < -0.3 is 19.7 Å². The highest BCUT2D eigenvalue weighted by Crippen LogP contribution is 2.28. The number of halogens is 3. The van der Waals surface area contributed by atoms with Crippen LogP contribution in [0.2, 0.25) is 0 Å². The molecule has 0 amide bonds. The molecular weight excluding hydrogens is 471 g/mol. The van der Waals surface area contributed by atoms with Crippen molar-refractivity contribution < 1.29 is 22.6 Å². The average Bonchev–Trinajstić information content (AvgIpc) is 3.34. The van der Waals surface area contributed by atoms with Gasteiger partial charge in [-0.3, -0.25) is 0 Å². The van der Waals surface area contributed by atoms with Gasteiger partial charge in [0.1, 0.15) is 12.3 Å². The average molecular weight is 506 g/mol. The van der Waals surface area contributed by atoms with Gasteiger partial charge >= 0.3 is 6.18 Å². The molecule has 3 heterocycles. The molecule has 2 aliphatic heterocycles. The lowest BCUT2D eigenvalue weighted by Gasteiger charge is -2.24. The van der Waals surface area contributed by atoms with Crippen molar-refractivity contribution in [3.8, 4) is 5.88 Å². The zero-order valence-electron chi connectivity index (χ0n) is 21.2. The van der Waals surface area contributed by atoms with Gasteiger partial charge in [-0.05, 0) is 37.0 Å². The van der Waals surface area contributed by atoms with Crippen molar-refractivity contribution in [2.45, 2.75) is 39.4 Å². The minimum Gasteiger partial charge on any atom is -0.486 e. The number of allylic oxidation sites excluding steroid dienone is 3. The Labute approximate surface area is 210 Å². The molecule has 3 rings (SSSR count). The van der Waals surface area contributed by atoms with E-state index in [1.54, 1.807) is 25.5 Å². The normalized spacial score (nSPS) is 25.6. The maximum absolute atomic E-state index is 12.7. The van der Waals surface area contributed by atoms with Crippen LogP contribution in [-0.2, 0) is 4.74 Å². The molecule has 196 valence electrons. The van der Waals surface area contributed by atoms with Crippen molar-refractivity contribution in [3.05, 3.63) is 54.5 Å². The van der Waals surface area contributed by atoms with Gasteiger partial charge in [-0.15, -0.1) is 6.58 Å². The van der Waals surface area contributed by atoms with Crippen LogP contribution in [0, 0.1) is 11.8 Å². The number of rotatable bonds is 8. The second kappa shape index (κ2) is 12.1. The molecule has 1 N–H and O–H groups in total. The van der Waals surface area contributed by atoms with Crippen LogP contribution in [0.25, 0.3) is 0 Å². The third kappa shape index (κ3) is 7.60. The summed E-state index contributed by atoms with van der Waals surface area (Å²) in [6, 6.07) is 3.72. The van der Waals surface area contributed by atoms with Crippen molar-refractivity contribution in [1.29, 1.82) is 0 Å². The van der Waals surface area contributed by atoms with Crippen molar-refractivity contribution in [2.75, 3.05) is 38.3 Å².